The number of hydrogen-bond acceptors (Lipinski definition) is 3. The van der Waals surface area contributed by atoms with Crippen LogP contribution >= 0.6 is 23.4 Å². The molecule has 1 atom stereocenters. The Morgan fingerprint density at radius 3 is 3.13 bits per heavy atom. The van der Waals surface area contributed by atoms with Crippen LogP contribution in [0.5, 0.6) is 0 Å². The average Bonchev–Trinajstić information content (AvgIpc) is 2.73. The van der Waals surface area contributed by atoms with E-state index in [2.05, 4.69) is 5.32 Å². The van der Waals surface area contributed by atoms with Crippen LogP contribution in [0.15, 0.2) is 18.2 Å². The van der Waals surface area contributed by atoms with Crippen LogP contribution in [-0.4, -0.2) is 17.5 Å². The van der Waals surface area contributed by atoms with Crippen LogP contribution in [0.4, 0.5) is 11.4 Å². The molecule has 15 heavy (non-hydrogen) atoms. The maximum absolute atomic E-state index is 5.94. The summed E-state index contributed by atoms with van der Waals surface area (Å²) >= 11 is 7.97. The number of nitrogen functional groups attached to an aromatic ring is 1. The van der Waals surface area contributed by atoms with E-state index in [0.717, 1.165) is 17.5 Å². The van der Waals surface area contributed by atoms with E-state index in [4.69, 9.17) is 17.3 Å². The molecule has 4 heteroatoms. The predicted octanol–water partition coefficient (Wildman–Crippen LogP) is 3.23. The first-order valence-corrected chi connectivity index (χ1v) is 6.59. The minimum absolute atomic E-state index is 0.624. The van der Waals surface area contributed by atoms with E-state index in [1.54, 1.807) is 0 Å². The highest BCUT2D eigenvalue weighted by Crippen LogP contribution is 2.29. The van der Waals surface area contributed by atoms with Gasteiger partial charge in [-0.25, -0.2) is 0 Å². The summed E-state index contributed by atoms with van der Waals surface area (Å²) in [5, 5.41) is 4.71. The molecule has 1 aromatic rings. The summed E-state index contributed by atoms with van der Waals surface area (Å²) in [6.07, 6.45) is 2.64. The molecule has 1 saturated heterocycles. The molecule has 0 aromatic heterocycles. The zero-order valence-electron chi connectivity index (χ0n) is 8.50. The Morgan fingerprint density at radius 1 is 1.53 bits per heavy atom. The highest BCUT2D eigenvalue weighted by Gasteiger charge is 2.15. The Balaban J connectivity index is 1.95. The van der Waals surface area contributed by atoms with E-state index in [1.807, 2.05) is 30.0 Å². The molecule has 2 nitrogen and oxygen atoms in total. The maximum Gasteiger partial charge on any atom is 0.0739 e. The van der Waals surface area contributed by atoms with E-state index in [-0.39, 0.29) is 0 Å². The van der Waals surface area contributed by atoms with Crippen molar-refractivity contribution in [1.29, 1.82) is 0 Å². The fraction of sp³-hybridized carbons (Fsp3) is 0.455. The molecular formula is C11H15ClN2S. The van der Waals surface area contributed by atoms with Gasteiger partial charge in [-0.2, -0.15) is 11.8 Å². The fourth-order valence-electron chi connectivity index (χ4n) is 1.72. The van der Waals surface area contributed by atoms with Gasteiger partial charge in [-0.05, 0) is 30.7 Å². The molecule has 0 aliphatic carbocycles. The van der Waals surface area contributed by atoms with E-state index >= 15 is 0 Å². The average molecular weight is 243 g/mol. The van der Waals surface area contributed by atoms with E-state index in [9.17, 15) is 0 Å². The van der Waals surface area contributed by atoms with E-state index in [0.29, 0.717) is 10.7 Å². The van der Waals surface area contributed by atoms with Crippen LogP contribution in [0, 0.1) is 0 Å². The monoisotopic (exact) mass is 242 g/mol. The number of rotatable bonds is 3. The molecule has 1 aromatic carbocycles. The van der Waals surface area contributed by atoms with Gasteiger partial charge >= 0.3 is 0 Å². The van der Waals surface area contributed by atoms with Crippen LogP contribution in [-0.2, 0) is 0 Å². The molecule has 1 unspecified atom stereocenters. The van der Waals surface area contributed by atoms with Crippen LogP contribution < -0.4 is 11.1 Å². The lowest BCUT2D eigenvalue weighted by molar-refractivity contribution is 0.806. The quantitative estimate of drug-likeness (QED) is 0.800. The van der Waals surface area contributed by atoms with Crippen molar-refractivity contribution in [2.24, 2.45) is 0 Å². The molecule has 1 heterocycles. The first kappa shape index (κ1) is 11.0. The second kappa shape index (κ2) is 4.99. The summed E-state index contributed by atoms with van der Waals surface area (Å²) in [7, 11) is 0. The van der Waals surface area contributed by atoms with Crippen molar-refractivity contribution in [3.05, 3.63) is 23.2 Å². The van der Waals surface area contributed by atoms with Gasteiger partial charge in [-0.15, -0.1) is 0 Å². The van der Waals surface area contributed by atoms with Crippen molar-refractivity contribution in [3.8, 4) is 0 Å². The summed E-state index contributed by atoms with van der Waals surface area (Å²) in [5.74, 6) is 1.29. The Hall–Kier alpha value is -0.540. The van der Waals surface area contributed by atoms with Crippen molar-refractivity contribution < 1.29 is 0 Å². The normalized spacial score (nSPS) is 20.5. The zero-order valence-corrected chi connectivity index (χ0v) is 10.1. The Bertz CT molecular complexity index is 337. The van der Waals surface area contributed by atoms with Gasteiger partial charge in [0.15, 0.2) is 0 Å². The number of benzene rings is 1. The SMILES string of the molecule is Nc1c(Cl)cccc1NCC1CCCS1. The summed E-state index contributed by atoms with van der Waals surface area (Å²) in [5.41, 5.74) is 7.47. The van der Waals surface area contributed by atoms with Crippen LogP contribution in [0.25, 0.3) is 0 Å². The molecule has 1 fully saturated rings. The fourth-order valence-corrected chi connectivity index (χ4v) is 3.10. The lowest BCUT2D eigenvalue weighted by Gasteiger charge is -2.13. The Kier molecular flexibility index (Phi) is 3.65. The lowest BCUT2D eigenvalue weighted by Crippen LogP contribution is -2.14. The summed E-state index contributed by atoms with van der Waals surface area (Å²) in [4.78, 5) is 0. The molecule has 0 saturated carbocycles. The highest BCUT2D eigenvalue weighted by atomic mass is 35.5. The molecule has 0 bridgehead atoms. The largest absolute Gasteiger partial charge is 0.396 e. The van der Waals surface area contributed by atoms with Crippen molar-refractivity contribution in [2.45, 2.75) is 18.1 Å². The first-order chi connectivity index (χ1) is 7.27. The van der Waals surface area contributed by atoms with Gasteiger partial charge in [0.1, 0.15) is 0 Å². The van der Waals surface area contributed by atoms with Gasteiger partial charge in [0.05, 0.1) is 16.4 Å². The van der Waals surface area contributed by atoms with Gasteiger partial charge in [0.25, 0.3) is 0 Å². The van der Waals surface area contributed by atoms with Gasteiger partial charge in [-0.1, -0.05) is 17.7 Å². The molecule has 0 spiro atoms. The number of hydrogen-bond donors (Lipinski definition) is 2. The van der Waals surface area contributed by atoms with Crippen molar-refractivity contribution >= 4 is 34.7 Å². The highest BCUT2D eigenvalue weighted by molar-refractivity contribution is 8.00. The predicted molar refractivity (Wildman–Crippen MR) is 69.8 cm³/mol. The minimum atomic E-state index is 0.624. The van der Waals surface area contributed by atoms with Crippen LogP contribution in [0.1, 0.15) is 12.8 Å². The Labute approximate surface area is 99.6 Å². The first-order valence-electron chi connectivity index (χ1n) is 5.17. The third-order valence-corrected chi connectivity index (χ3v) is 4.32. The number of nitrogens with two attached hydrogens (primary N) is 1. The molecule has 3 N–H and O–H groups in total. The number of thioether (sulfide) groups is 1. The van der Waals surface area contributed by atoms with E-state index < -0.39 is 0 Å². The second-order valence-electron chi connectivity index (χ2n) is 3.72. The van der Waals surface area contributed by atoms with Crippen molar-refractivity contribution in [1.82, 2.24) is 0 Å². The molecule has 1 aliphatic heterocycles. The zero-order chi connectivity index (χ0) is 10.7. The van der Waals surface area contributed by atoms with Gasteiger partial charge in [0.2, 0.25) is 0 Å². The summed E-state index contributed by atoms with van der Waals surface area (Å²) in [6.45, 7) is 0.981. The second-order valence-corrected chi connectivity index (χ2v) is 5.53. The minimum Gasteiger partial charge on any atom is -0.396 e. The number of anilines is 2. The number of halogens is 1. The van der Waals surface area contributed by atoms with Crippen molar-refractivity contribution in [2.75, 3.05) is 23.3 Å². The summed E-state index contributed by atoms with van der Waals surface area (Å²) in [6, 6.07) is 5.70. The number of nitrogens with one attached hydrogen (secondary N) is 1. The van der Waals surface area contributed by atoms with Gasteiger partial charge in [0, 0.05) is 11.8 Å². The number of para-hydroxylation sites is 1. The summed E-state index contributed by atoms with van der Waals surface area (Å²) < 4.78 is 0. The molecule has 0 radical (unpaired) electrons. The maximum atomic E-state index is 5.94. The molecule has 0 amide bonds. The third kappa shape index (κ3) is 2.73. The Morgan fingerprint density at radius 2 is 2.40 bits per heavy atom. The molecule has 1 aliphatic rings. The lowest BCUT2D eigenvalue weighted by atomic mass is 10.2. The standard InChI is InChI=1S/C11H15ClN2S/c12-9-4-1-5-10(11(9)13)14-7-8-3-2-6-15-8/h1,4-5,8,14H,2-3,6-7,13H2. The molecule has 2 rings (SSSR count). The van der Waals surface area contributed by atoms with Gasteiger partial charge < -0.3 is 11.1 Å². The smallest absolute Gasteiger partial charge is 0.0739 e. The topological polar surface area (TPSA) is 38.0 Å². The molecular weight excluding hydrogens is 228 g/mol. The van der Waals surface area contributed by atoms with Crippen LogP contribution in [0.3, 0.4) is 0 Å². The van der Waals surface area contributed by atoms with E-state index in [1.165, 1.54) is 18.6 Å². The van der Waals surface area contributed by atoms with Gasteiger partial charge in [-0.3, -0.25) is 0 Å². The third-order valence-electron chi connectivity index (χ3n) is 2.60. The molecule has 82 valence electrons. The van der Waals surface area contributed by atoms with Crippen molar-refractivity contribution in [3.63, 3.8) is 0 Å². The van der Waals surface area contributed by atoms with Crippen LogP contribution in [0.2, 0.25) is 5.02 Å².